The first-order valence-electron chi connectivity index (χ1n) is 6.28. The van der Waals surface area contributed by atoms with Gasteiger partial charge in [0, 0.05) is 13.5 Å². The second-order valence-corrected chi connectivity index (χ2v) is 4.73. The molecule has 1 aromatic heterocycles. The van der Waals surface area contributed by atoms with Crippen molar-refractivity contribution < 1.29 is 23.9 Å². The van der Waals surface area contributed by atoms with Gasteiger partial charge in [0.1, 0.15) is 17.7 Å². The minimum absolute atomic E-state index is 0.00637. The molecule has 1 N–H and O–H groups in total. The molecule has 1 aromatic rings. The van der Waals surface area contributed by atoms with Crippen molar-refractivity contribution in [3.63, 3.8) is 0 Å². The van der Waals surface area contributed by atoms with Crippen molar-refractivity contribution in [1.29, 1.82) is 0 Å². The van der Waals surface area contributed by atoms with Gasteiger partial charge in [-0.05, 0) is 25.5 Å². The van der Waals surface area contributed by atoms with E-state index in [9.17, 15) is 18.8 Å². The lowest BCUT2D eigenvalue weighted by atomic mass is 10.2. The van der Waals surface area contributed by atoms with E-state index in [4.69, 9.17) is 5.11 Å². The molecule has 1 fully saturated rings. The van der Waals surface area contributed by atoms with Gasteiger partial charge in [-0.1, -0.05) is 0 Å². The van der Waals surface area contributed by atoms with E-state index in [1.54, 1.807) is 0 Å². The fourth-order valence-corrected chi connectivity index (χ4v) is 2.21. The second-order valence-electron chi connectivity index (χ2n) is 4.73. The highest BCUT2D eigenvalue weighted by molar-refractivity contribution is 6.04. The second kappa shape index (κ2) is 5.47. The lowest BCUT2D eigenvalue weighted by Gasteiger charge is -2.24. The molecular formula is C13H14FN3O4. The molecule has 0 aliphatic carbocycles. The van der Waals surface area contributed by atoms with Crippen molar-refractivity contribution in [2.45, 2.75) is 25.8 Å². The maximum absolute atomic E-state index is 13.2. The van der Waals surface area contributed by atoms with E-state index < -0.39 is 29.8 Å². The van der Waals surface area contributed by atoms with Crippen LogP contribution in [-0.2, 0) is 9.59 Å². The van der Waals surface area contributed by atoms with Crippen LogP contribution in [0.1, 0.15) is 18.5 Å². The summed E-state index contributed by atoms with van der Waals surface area (Å²) < 4.78 is 13.2. The minimum Gasteiger partial charge on any atom is -0.465 e. The largest absolute Gasteiger partial charge is 0.465 e. The molecule has 7 nitrogen and oxygen atoms in total. The summed E-state index contributed by atoms with van der Waals surface area (Å²) in [6.45, 7) is 1.46. The van der Waals surface area contributed by atoms with Crippen molar-refractivity contribution in [1.82, 2.24) is 9.88 Å². The van der Waals surface area contributed by atoms with Crippen molar-refractivity contribution in [2.24, 2.45) is 0 Å². The zero-order valence-corrected chi connectivity index (χ0v) is 11.5. The Morgan fingerprint density at radius 3 is 2.71 bits per heavy atom. The van der Waals surface area contributed by atoms with Crippen LogP contribution in [0.3, 0.4) is 0 Å². The highest BCUT2D eigenvalue weighted by atomic mass is 19.1. The van der Waals surface area contributed by atoms with Crippen LogP contribution in [0.5, 0.6) is 0 Å². The number of imide groups is 1. The fraction of sp³-hybridized carbons (Fsp3) is 0.385. The number of carboxylic acid groups (broad SMARTS) is 1. The number of amides is 3. The Bertz CT molecular complexity index is 619. The molecule has 1 atom stereocenters. The first kappa shape index (κ1) is 14.9. The van der Waals surface area contributed by atoms with Crippen molar-refractivity contribution in [3.05, 3.63) is 23.6 Å². The van der Waals surface area contributed by atoms with Gasteiger partial charge >= 0.3 is 6.09 Å². The Hall–Kier alpha value is -2.51. The number of carbonyl (C=O) groups excluding carboxylic acids is 2. The highest BCUT2D eigenvalue weighted by Gasteiger charge is 2.41. The number of carbonyl (C=O) groups is 3. The molecule has 3 amide bonds. The number of rotatable bonds is 2. The summed E-state index contributed by atoms with van der Waals surface area (Å²) in [4.78, 5) is 40.5. The van der Waals surface area contributed by atoms with Gasteiger partial charge < -0.3 is 5.11 Å². The quantitative estimate of drug-likeness (QED) is 0.884. The maximum Gasteiger partial charge on any atom is 0.414 e. The molecule has 0 aromatic carbocycles. The van der Waals surface area contributed by atoms with E-state index in [2.05, 4.69) is 4.98 Å². The molecule has 2 heterocycles. The summed E-state index contributed by atoms with van der Waals surface area (Å²) in [5, 5.41) is 9.00. The third-order valence-electron chi connectivity index (χ3n) is 3.38. The molecule has 0 bridgehead atoms. The third kappa shape index (κ3) is 2.69. The first-order chi connectivity index (χ1) is 9.82. The number of pyridine rings is 1. The summed E-state index contributed by atoms with van der Waals surface area (Å²) in [7, 11) is 1.41. The number of likely N-dealkylation sites (N-methyl/N-ethyl adjacent to an activating group) is 1. The van der Waals surface area contributed by atoms with Gasteiger partial charge in [0.2, 0.25) is 5.91 Å². The molecule has 8 heteroatoms. The van der Waals surface area contributed by atoms with Crippen LogP contribution < -0.4 is 4.90 Å². The molecule has 1 aliphatic rings. The summed E-state index contributed by atoms with van der Waals surface area (Å²) in [6, 6.07) is 1.44. The van der Waals surface area contributed by atoms with Gasteiger partial charge in [-0.3, -0.25) is 14.5 Å². The SMILES string of the molecule is Cc1nc(N(C)C(=O)C2CCC(=O)N2C(=O)O)ccc1F. The van der Waals surface area contributed by atoms with Gasteiger partial charge in [0.15, 0.2) is 0 Å². The number of halogens is 1. The molecule has 0 radical (unpaired) electrons. The van der Waals surface area contributed by atoms with Crippen molar-refractivity contribution in [3.8, 4) is 0 Å². The Morgan fingerprint density at radius 2 is 2.14 bits per heavy atom. The predicted molar refractivity (Wildman–Crippen MR) is 70.2 cm³/mol. The van der Waals surface area contributed by atoms with Crippen LogP contribution in [0.2, 0.25) is 0 Å². The van der Waals surface area contributed by atoms with Crippen molar-refractivity contribution in [2.75, 3.05) is 11.9 Å². The van der Waals surface area contributed by atoms with Gasteiger partial charge in [-0.25, -0.2) is 19.1 Å². The number of hydrogen-bond donors (Lipinski definition) is 1. The monoisotopic (exact) mass is 295 g/mol. The number of aromatic nitrogens is 1. The average Bonchev–Trinajstić information content (AvgIpc) is 2.82. The molecule has 21 heavy (non-hydrogen) atoms. The normalized spacial score (nSPS) is 18.0. The van der Waals surface area contributed by atoms with E-state index in [1.807, 2.05) is 0 Å². The summed E-state index contributed by atoms with van der Waals surface area (Å²) in [6.07, 6.45) is -1.31. The molecule has 2 rings (SSSR count). The summed E-state index contributed by atoms with van der Waals surface area (Å²) in [5.74, 6) is -1.47. The third-order valence-corrected chi connectivity index (χ3v) is 3.38. The first-order valence-corrected chi connectivity index (χ1v) is 6.28. The topological polar surface area (TPSA) is 90.8 Å². The van der Waals surface area contributed by atoms with Crippen LogP contribution in [0, 0.1) is 12.7 Å². The number of nitrogens with zero attached hydrogens (tertiary/aromatic N) is 3. The molecular weight excluding hydrogens is 281 g/mol. The lowest BCUT2D eigenvalue weighted by molar-refractivity contribution is -0.132. The van der Waals surface area contributed by atoms with Crippen molar-refractivity contribution >= 4 is 23.7 Å². The van der Waals surface area contributed by atoms with E-state index in [0.29, 0.717) is 4.90 Å². The standard InChI is InChI=1S/C13H14FN3O4/c1-7-8(14)3-5-10(15-7)16(2)12(19)9-4-6-11(18)17(9)13(20)21/h3,5,9H,4,6H2,1-2H3,(H,20,21). The molecule has 1 saturated heterocycles. The fourth-order valence-electron chi connectivity index (χ4n) is 2.21. The molecule has 0 spiro atoms. The van der Waals surface area contributed by atoms with Gasteiger partial charge in [-0.2, -0.15) is 0 Å². The molecule has 1 unspecified atom stereocenters. The van der Waals surface area contributed by atoms with Crippen LogP contribution in [0.15, 0.2) is 12.1 Å². The van der Waals surface area contributed by atoms with E-state index in [0.717, 1.165) is 4.90 Å². The van der Waals surface area contributed by atoms with E-state index in [1.165, 1.54) is 26.1 Å². The summed E-state index contributed by atoms with van der Waals surface area (Å²) in [5.41, 5.74) is 0.129. The number of aryl methyl sites for hydroxylation is 1. The molecule has 1 aliphatic heterocycles. The van der Waals surface area contributed by atoms with Gasteiger partial charge in [0.25, 0.3) is 5.91 Å². The smallest absolute Gasteiger partial charge is 0.414 e. The Labute approximate surface area is 120 Å². The Balaban J connectivity index is 2.24. The molecule has 112 valence electrons. The number of likely N-dealkylation sites (tertiary alicyclic amines) is 1. The molecule has 0 saturated carbocycles. The van der Waals surface area contributed by atoms with Gasteiger partial charge in [-0.15, -0.1) is 0 Å². The van der Waals surface area contributed by atoms with Crippen LogP contribution in [-0.4, -0.2) is 46.0 Å². The van der Waals surface area contributed by atoms with Gasteiger partial charge in [0.05, 0.1) is 5.69 Å². The summed E-state index contributed by atoms with van der Waals surface area (Å²) >= 11 is 0. The zero-order valence-electron chi connectivity index (χ0n) is 11.5. The highest BCUT2D eigenvalue weighted by Crippen LogP contribution is 2.22. The Kier molecular flexibility index (Phi) is 3.88. The predicted octanol–water partition coefficient (Wildman–Crippen LogP) is 1.16. The number of anilines is 1. The minimum atomic E-state index is -1.45. The van der Waals surface area contributed by atoms with E-state index in [-0.39, 0.29) is 24.4 Å². The Morgan fingerprint density at radius 1 is 1.48 bits per heavy atom. The average molecular weight is 295 g/mol. The number of hydrogen-bond acceptors (Lipinski definition) is 4. The lowest BCUT2D eigenvalue weighted by Crippen LogP contribution is -2.48. The van der Waals surface area contributed by atoms with Crippen LogP contribution >= 0.6 is 0 Å². The van der Waals surface area contributed by atoms with Crippen LogP contribution in [0.4, 0.5) is 15.0 Å². The van der Waals surface area contributed by atoms with E-state index >= 15 is 0 Å². The zero-order chi connectivity index (χ0) is 15.7. The van der Waals surface area contributed by atoms with Crippen LogP contribution in [0.25, 0.3) is 0 Å². The maximum atomic E-state index is 13.2.